The minimum atomic E-state index is -0.377. The summed E-state index contributed by atoms with van der Waals surface area (Å²) in [4.78, 5) is 34.4. The molecule has 3 radical (unpaired) electrons. The number of ether oxygens (including phenoxy) is 2. The summed E-state index contributed by atoms with van der Waals surface area (Å²) in [5.41, 5.74) is -0.754. The molecule has 2 heterocycles. The van der Waals surface area contributed by atoms with E-state index in [1.54, 1.807) is 24.1 Å². The smallest absolute Gasteiger partial charge is 0.129 e. The van der Waals surface area contributed by atoms with Crippen molar-refractivity contribution >= 4 is 22.7 Å². The Balaban J connectivity index is 0.000000642. The normalized spacial score (nSPS) is 11.9. The largest absolute Gasteiger partial charge is 0.806 e. The van der Waals surface area contributed by atoms with Crippen molar-refractivity contribution in [3.8, 4) is 11.5 Å². The van der Waals surface area contributed by atoms with Crippen molar-refractivity contribution in [1.29, 1.82) is 0 Å². The maximum absolute atomic E-state index is 12.4. The van der Waals surface area contributed by atoms with Crippen LogP contribution >= 0.6 is 11.9 Å². The Kier molecular flexibility index (Phi) is 15.7. The molecule has 0 unspecified atom stereocenters. The fourth-order valence-electron chi connectivity index (χ4n) is 2.92. The third kappa shape index (κ3) is 7.01. The predicted molar refractivity (Wildman–Crippen MR) is 110 cm³/mol. The van der Waals surface area contributed by atoms with Gasteiger partial charge < -0.3 is 49.7 Å². The van der Waals surface area contributed by atoms with E-state index in [9.17, 15) is 9.59 Å². The summed E-state index contributed by atoms with van der Waals surface area (Å²) < 4.78 is 12.3. The summed E-state index contributed by atoms with van der Waals surface area (Å²) in [5.74, 6) is 0.644. The fourth-order valence-corrected chi connectivity index (χ4v) is 3.31. The number of hydrogen-bond donors (Lipinski definition) is 1. The van der Waals surface area contributed by atoms with Gasteiger partial charge in [0.1, 0.15) is 22.4 Å². The molecule has 2 aliphatic heterocycles. The quantitative estimate of drug-likeness (QED) is 0.220. The molecule has 9 nitrogen and oxygen atoms in total. The molecule has 173 valence electrons. The number of aromatic nitrogens is 2. The Morgan fingerprint density at radius 2 is 1.50 bits per heavy atom. The molecule has 13 heteroatoms. The van der Waals surface area contributed by atoms with Gasteiger partial charge in [-0.3, -0.25) is 10.7 Å². The molecule has 0 amide bonds. The first-order valence-electron chi connectivity index (χ1n) is 8.60. The van der Waals surface area contributed by atoms with Gasteiger partial charge in [0.15, 0.2) is 0 Å². The zero-order valence-electron chi connectivity index (χ0n) is 17.6. The molecule has 1 N–H and O–H groups in total. The Labute approximate surface area is 271 Å². The van der Waals surface area contributed by atoms with Gasteiger partial charge in [0.25, 0.3) is 0 Å². The summed E-state index contributed by atoms with van der Waals surface area (Å²) in [6.07, 6.45) is 7.10. The second kappa shape index (κ2) is 15.5. The predicted octanol–water partition coefficient (Wildman–Crippen LogP) is 0.398. The number of benzene rings is 1. The average Bonchev–Trinajstić information content (AvgIpc) is 3.41. The van der Waals surface area contributed by atoms with Gasteiger partial charge in [0.05, 0.1) is 31.6 Å². The van der Waals surface area contributed by atoms with E-state index in [0.717, 1.165) is 0 Å². The van der Waals surface area contributed by atoms with E-state index in [4.69, 9.17) is 14.6 Å². The van der Waals surface area contributed by atoms with Crippen LogP contribution in [0.2, 0.25) is 0 Å². The van der Waals surface area contributed by atoms with Crippen LogP contribution in [-0.2, 0) is 22.4 Å². The topological polar surface area (TPSA) is 108 Å². The molecule has 0 saturated heterocycles. The minimum absolute atomic E-state index is 0. The van der Waals surface area contributed by atoms with Crippen LogP contribution in [0.4, 0.5) is 0 Å². The molecular weight excluding hydrogens is 875 g/mol. The van der Waals surface area contributed by atoms with Gasteiger partial charge in [-0.1, -0.05) is 11.9 Å². The van der Waals surface area contributed by atoms with E-state index < -0.39 is 0 Å². The monoisotopic (exact) mass is 895 g/mol. The molecule has 32 heavy (non-hydrogen) atoms. The Bertz CT molecular complexity index is 1120. The molecule has 1 aromatic rings. The molecule has 1 aromatic carbocycles. The second-order valence-corrected chi connectivity index (χ2v) is 6.65. The van der Waals surface area contributed by atoms with Crippen LogP contribution in [0, 0.1) is 100.0 Å². The number of rotatable bonds is 5. The molecule has 1 aliphatic carbocycles. The van der Waals surface area contributed by atoms with Gasteiger partial charge in [0.2, 0.25) is 0 Å². The van der Waals surface area contributed by atoms with Crippen molar-refractivity contribution in [3.63, 3.8) is 0 Å². The van der Waals surface area contributed by atoms with Crippen LogP contribution in [0.5, 0.6) is 11.5 Å². The summed E-state index contributed by atoms with van der Waals surface area (Å²) in [7, 11) is 2.87. The number of β-amino-alcohol motifs (C(OH)–C–C–N with tert-alkyl or cyclic N) is 1. The maximum atomic E-state index is 12.4. The average molecular weight is 895 g/mol. The van der Waals surface area contributed by atoms with E-state index >= 15 is 0 Å². The van der Waals surface area contributed by atoms with Crippen molar-refractivity contribution in [2.75, 3.05) is 33.6 Å². The van der Waals surface area contributed by atoms with Crippen molar-refractivity contribution < 1.29 is 120 Å². The van der Waals surface area contributed by atoms with Gasteiger partial charge >= 0.3 is 0 Å². The van der Waals surface area contributed by atoms with Gasteiger partial charge in [-0.05, 0) is 30.8 Å². The molecule has 0 saturated carbocycles. The SMILES string of the molecule is COc1ccc(OC)c2c(=O)c3[n-][cH-][n-]c=3c(=O)c12.CSN1C=CN(CCO)[CH-]1.[Au].[Pr].[Pr]. The van der Waals surface area contributed by atoms with Gasteiger partial charge in [0, 0.05) is 112 Å². The van der Waals surface area contributed by atoms with Crippen LogP contribution in [0.25, 0.3) is 10.8 Å². The van der Waals surface area contributed by atoms with Crippen LogP contribution in [0.15, 0.2) is 40.4 Å². The number of hydrogen-bond acceptors (Lipinski definition) is 8. The zero-order chi connectivity index (χ0) is 21.0. The molecule has 0 atom stereocenters. The van der Waals surface area contributed by atoms with Crippen molar-refractivity contribution in [2.24, 2.45) is 0 Å². The third-order valence-corrected chi connectivity index (χ3v) is 4.92. The van der Waals surface area contributed by atoms with Crippen LogP contribution in [0.1, 0.15) is 0 Å². The molecule has 4 rings (SSSR count). The molecule has 0 fully saturated rings. The molecule has 0 spiro atoms. The third-order valence-electron chi connectivity index (χ3n) is 4.29. The van der Waals surface area contributed by atoms with E-state index in [-0.39, 0.29) is 144 Å². The van der Waals surface area contributed by atoms with E-state index in [1.807, 2.05) is 34.5 Å². The number of aliphatic hydroxyl groups is 1. The summed E-state index contributed by atoms with van der Waals surface area (Å²) in [5, 5.41) is 9.04. The summed E-state index contributed by atoms with van der Waals surface area (Å²) in [6, 6.07) is 3.18. The first-order valence-corrected chi connectivity index (χ1v) is 9.78. The number of nitrogens with zero attached hydrogens (tertiary/aromatic N) is 4. The number of methoxy groups -OCH3 is 2. The van der Waals surface area contributed by atoms with Crippen LogP contribution < -0.4 is 30.3 Å². The first-order chi connectivity index (χ1) is 14.0. The Morgan fingerprint density at radius 1 is 1.00 bits per heavy atom. The molecule has 0 bridgehead atoms. The van der Waals surface area contributed by atoms with Gasteiger partial charge in [-0.2, -0.15) is 0 Å². The zero-order valence-corrected chi connectivity index (χ0v) is 28.0. The van der Waals surface area contributed by atoms with E-state index in [0.29, 0.717) is 18.0 Å². The number of fused-ring (bicyclic) bond motifs is 1. The van der Waals surface area contributed by atoms with Crippen LogP contribution in [0.3, 0.4) is 0 Å². The van der Waals surface area contributed by atoms with Gasteiger partial charge in [-0.25, -0.2) is 0 Å². The summed E-state index contributed by atoms with van der Waals surface area (Å²) >= 11 is 1.63. The fraction of sp³-hybridized carbons (Fsp3) is 0.263. The van der Waals surface area contributed by atoms with Crippen molar-refractivity contribution in [1.82, 2.24) is 19.2 Å². The minimum Gasteiger partial charge on any atom is -0.806 e. The Morgan fingerprint density at radius 3 is 1.88 bits per heavy atom. The molecule has 0 aromatic heterocycles. The van der Waals surface area contributed by atoms with Crippen molar-refractivity contribution in [3.05, 3.63) is 68.7 Å². The first kappa shape index (κ1) is 32.5. The van der Waals surface area contributed by atoms with Crippen molar-refractivity contribution in [2.45, 2.75) is 0 Å². The maximum Gasteiger partial charge on any atom is 0.129 e. The molecule has 3 aliphatic rings. The molecular formula is C19H20AuN4O5Pr2S-4. The Hall–Kier alpha value is 0.488. The van der Waals surface area contributed by atoms with E-state index in [1.165, 1.54) is 20.5 Å². The summed E-state index contributed by atoms with van der Waals surface area (Å²) in [6.45, 7) is 2.82. The second-order valence-electron chi connectivity index (χ2n) is 5.87. The standard InChI is InChI=1S/C13H9N2O4.C6H11N2OS.Au.2Pr/c1-18-6-3-4-7(19-2)9-8(6)12(16)10-11(13(9)17)15-5-14-10;1-10-8-3-2-7(6-8)4-5-9;;;/h3-5H,1-2H3;2-3,6,9H,4-5H2,1H3;;;/q-3;-1;;;. The van der Waals surface area contributed by atoms with E-state index in [2.05, 4.69) is 9.97 Å². The van der Waals surface area contributed by atoms with Gasteiger partial charge in [-0.15, -0.1) is 6.67 Å². The number of aliphatic hydroxyl groups excluding tert-OH is 1. The van der Waals surface area contributed by atoms with Crippen LogP contribution in [-0.4, -0.2) is 47.9 Å².